The molecule has 32 heavy (non-hydrogen) atoms. The molecule has 0 fully saturated rings. The van der Waals surface area contributed by atoms with E-state index in [1.807, 2.05) is 0 Å². The van der Waals surface area contributed by atoms with E-state index in [0.717, 1.165) is 0 Å². The molecule has 0 radical (unpaired) electrons. The number of aliphatic hydroxyl groups is 1. The van der Waals surface area contributed by atoms with Gasteiger partial charge in [-0.1, -0.05) is 13.8 Å². The molecule has 4 amide bonds. The summed E-state index contributed by atoms with van der Waals surface area (Å²) in [6, 6.07) is -5.11. The molecule has 0 aliphatic rings. The van der Waals surface area contributed by atoms with E-state index in [2.05, 4.69) is 16.0 Å². The Morgan fingerprint density at radius 3 is 1.88 bits per heavy atom. The van der Waals surface area contributed by atoms with Crippen LogP contribution in [0, 0.1) is 5.92 Å². The minimum Gasteiger partial charge on any atom is -0.480 e. The van der Waals surface area contributed by atoms with Gasteiger partial charge in [-0.05, 0) is 38.6 Å². The predicted molar refractivity (Wildman–Crippen MR) is 115 cm³/mol. The highest BCUT2D eigenvalue weighted by Crippen LogP contribution is 2.06. The molecule has 5 unspecified atom stereocenters. The number of aliphatic hydroxyl groups excluding tert-OH is 1. The van der Waals surface area contributed by atoms with Gasteiger partial charge in [0.25, 0.3) is 0 Å². The minimum absolute atomic E-state index is 0.149. The van der Waals surface area contributed by atoms with Crippen LogP contribution < -0.4 is 33.2 Å². The molecule has 5 atom stereocenters. The SMILES string of the molecule is CC(C)C(NC(=O)C(NC(=O)C(CCCCN)NC(=O)C(N)CC(N)=O)C(C)O)C(=O)O. The van der Waals surface area contributed by atoms with Gasteiger partial charge in [-0.2, -0.15) is 0 Å². The third-order valence-corrected chi connectivity index (χ3v) is 4.63. The molecule has 0 aliphatic heterocycles. The van der Waals surface area contributed by atoms with Crippen LogP contribution in [0.15, 0.2) is 0 Å². The van der Waals surface area contributed by atoms with Crippen molar-refractivity contribution >= 4 is 29.6 Å². The second kappa shape index (κ2) is 14.3. The average Bonchev–Trinajstić information content (AvgIpc) is 2.67. The largest absolute Gasteiger partial charge is 0.480 e. The Labute approximate surface area is 186 Å². The minimum atomic E-state index is -1.48. The molecule has 0 saturated carbocycles. The summed E-state index contributed by atoms with van der Waals surface area (Å²) in [7, 11) is 0. The molecule has 184 valence electrons. The number of hydrogen-bond acceptors (Lipinski definition) is 8. The lowest BCUT2D eigenvalue weighted by Crippen LogP contribution is -2.60. The molecule has 0 heterocycles. The van der Waals surface area contributed by atoms with Crippen molar-refractivity contribution < 1.29 is 34.2 Å². The first kappa shape index (κ1) is 29.2. The fourth-order valence-corrected chi connectivity index (χ4v) is 2.77. The molecule has 11 N–H and O–H groups in total. The molecule has 13 nitrogen and oxygen atoms in total. The third-order valence-electron chi connectivity index (χ3n) is 4.63. The highest BCUT2D eigenvalue weighted by Gasteiger charge is 2.33. The number of carbonyl (C=O) groups is 5. The maximum atomic E-state index is 12.8. The molecule has 0 aromatic rings. The first-order chi connectivity index (χ1) is 14.8. The van der Waals surface area contributed by atoms with Crippen molar-refractivity contribution in [1.82, 2.24) is 16.0 Å². The summed E-state index contributed by atoms with van der Waals surface area (Å²) in [6.07, 6.45) is -0.622. The molecule has 0 spiro atoms. The van der Waals surface area contributed by atoms with E-state index < -0.39 is 72.2 Å². The maximum absolute atomic E-state index is 12.8. The number of unbranched alkanes of at least 4 members (excludes halogenated alkanes) is 1. The van der Waals surface area contributed by atoms with E-state index >= 15 is 0 Å². The summed E-state index contributed by atoms with van der Waals surface area (Å²) in [5.74, 6) is -4.98. The van der Waals surface area contributed by atoms with Crippen LogP contribution in [0.2, 0.25) is 0 Å². The van der Waals surface area contributed by atoms with Crippen molar-refractivity contribution in [3.63, 3.8) is 0 Å². The zero-order valence-corrected chi connectivity index (χ0v) is 18.7. The van der Waals surface area contributed by atoms with Crippen LogP contribution in [-0.2, 0) is 24.0 Å². The van der Waals surface area contributed by atoms with Crippen molar-refractivity contribution in [2.24, 2.45) is 23.1 Å². The number of amides is 4. The van der Waals surface area contributed by atoms with Gasteiger partial charge in [-0.15, -0.1) is 0 Å². The molecule has 0 aromatic heterocycles. The summed E-state index contributed by atoms with van der Waals surface area (Å²) in [5.41, 5.74) is 16.1. The fraction of sp³-hybridized carbons (Fsp3) is 0.737. The van der Waals surface area contributed by atoms with Crippen molar-refractivity contribution in [3.05, 3.63) is 0 Å². The van der Waals surface area contributed by atoms with Crippen molar-refractivity contribution in [2.75, 3.05) is 6.54 Å². The smallest absolute Gasteiger partial charge is 0.326 e. The van der Waals surface area contributed by atoms with E-state index in [-0.39, 0.29) is 6.42 Å². The van der Waals surface area contributed by atoms with Crippen molar-refractivity contribution in [1.29, 1.82) is 0 Å². The van der Waals surface area contributed by atoms with Gasteiger partial charge in [0, 0.05) is 0 Å². The van der Waals surface area contributed by atoms with Crippen LogP contribution in [0.4, 0.5) is 0 Å². The Morgan fingerprint density at radius 1 is 0.875 bits per heavy atom. The van der Waals surface area contributed by atoms with Gasteiger partial charge in [0.1, 0.15) is 18.1 Å². The molecular weight excluding hydrogens is 424 g/mol. The number of rotatable bonds is 15. The van der Waals surface area contributed by atoms with Gasteiger partial charge >= 0.3 is 5.97 Å². The lowest BCUT2D eigenvalue weighted by Gasteiger charge is -2.27. The number of carboxylic acid groups (broad SMARTS) is 1. The van der Waals surface area contributed by atoms with Gasteiger partial charge in [0.2, 0.25) is 23.6 Å². The first-order valence-corrected chi connectivity index (χ1v) is 10.4. The maximum Gasteiger partial charge on any atom is 0.326 e. The molecule has 0 aliphatic carbocycles. The topological polar surface area (TPSA) is 240 Å². The number of carboxylic acids is 1. The van der Waals surface area contributed by atoms with Crippen LogP contribution in [0.25, 0.3) is 0 Å². The Kier molecular flexibility index (Phi) is 13.1. The van der Waals surface area contributed by atoms with Crippen molar-refractivity contribution in [2.45, 2.75) is 76.7 Å². The number of primary amides is 1. The molecule has 0 bridgehead atoms. The van der Waals surface area contributed by atoms with E-state index in [4.69, 9.17) is 17.2 Å². The highest BCUT2D eigenvalue weighted by molar-refractivity contribution is 5.95. The van der Waals surface area contributed by atoms with E-state index in [9.17, 15) is 34.2 Å². The summed E-state index contributed by atoms with van der Waals surface area (Å²) in [6.45, 7) is 4.79. The molecule has 0 rings (SSSR count). The zero-order chi connectivity index (χ0) is 25.0. The quantitative estimate of drug-likeness (QED) is 0.115. The highest BCUT2D eigenvalue weighted by atomic mass is 16.4. The summed E-state index contributed by atoms with van der Waals surface area (Å²) in [5, 5.41) is 26.3. The van der Waals surface area contributed by atoms with Crippen LogP contribution in [-0.4, -0.2) is 76.6 Å². The van der Waals surface area contributed by atoms with Gasteiger partial charge < -0.3 is 43.4 Å². The Morgan fingerprint density at radius 2 is 1.44 bits per heavy atom. The second-order valence-electron chi connectivity index (χ2n) is 7.92. The molecule has 13 heteroatoms. The zero-order valence-electron chi connectivity index (χ0n) is 18.7. The van der Waals surface area contributed by atoms with Gasteiger partial charge in [-0.3, -0.25) is 19.2 Å². The van der Waals surface area contributed by atoms with Gasteiger partial charge in [0.15, 0.2) is 0 Å². The number of carbonyl (C=O) groups excluding carboxylic acids is 4. The number of nitrogens with two attached hydrogens (primary N) is 3. The van der Waals surface area contributed by atoms with Crippen LogP contribution in [0.1, 0.15) is 46.5 Å². The Bertz CT molecular complexity index is 671. The first-order valence-electron chi connectivity index (χ1n) is 10.4. The standard InChI is InChI=1S/C19H36N6O7/c1-9(2)14(19(31)32)24-18(30)15(10(3)26)25-17(29)12(6-4-5-7-20)23-16(28)11(21)8-13(22)27/h9-12,14-15,26H,4-8,20-21H2,1-3H3,(H2,22,27)(H,23,28)(H,24,30)(H,25,29)(H,31,32). The summed E-state index contributed by atoms with van der Waals surface area (Å²) >= 11 is 0. The fourth-order valence-electron chi connectivity index (χ4n) is 2.77. The van der Waals surface area contributed by atoms with E-state index in [0.29, 0.717) is 19.4 Å². The van der Waals surface area contributed by atoms with Crippen molar-refractivity contribution in [3.8, 4) is 0 Å². The van der Waals surface area contributed by atoms with Crippen LogP contribution >= 0.6 is 0 Å². The lowest BCUT2D eigenvalue weighted by molar-refractivity contribution is -0.144. The number of nitrogens with one attached hydrogen (secondary N) is 3. The summed E-state index contributed by atoms with van der Waals surface area (Å²) < 4.78 is 0. The Balaban J connectivity index is 5.43. The van der Waals surface area contributed by atoms with Gasteiger partial charge in [0.05, 0.1) is 18.6 Å². The van der Waals surface area contributed by atoms with E-state index in [1.165, 1.54) is 6.92 Å². The summed E-state index contributed by atoms with van der Waals surface area (Å²) in [4.78, 5) is 59.9. The second-order valence-corrected chi connectivity index (χ2v) is 7.92. The monoisotopic (exact) mass is 460 g/mol. The predicted octanol–water partition coefficient (Wildman–Crippen LogP) is -3.11. The third kappa shape index (κ3) is 10.5. The van der Waals surface area contributed by atoms with Gasteiger partial charge in [-0.25, -0.2) is 4.79 Å². The van der Waals surface area contributed by atoms with E-state index in [1.54, 1.807) is 13.8 Å². The average molecular weight is 461 g/mol. The molecule has 0 aromatic carbocycles. The normalized spacial score (nSPS) is 15.7. The molecular formula is C19H36N6O7. The van der Waals surface area contributed by atoms with Crippen LogP contribution in [0.3, 0.4) is 0 Å². The lowest BCUT2D eigenvalue weighted by atomic mass is 10.0. The number of hydrogen-bond donors (Lipinski definition) is 8. The number of aliphatic carboxylic acids is 1. The molecule has 0 saturated heterocycles. The van der Waals surface area contributed by atoms with Crippen LogP contribution in [0.5, 0.6) is 0 Å². The Hall–Kier alpha value is -2.77.